The second kappa shape index (κ2) is 8.70. The Hall–Kier alpha value is -2.45. The molecular formula is C20H25N3O4S. The molecule has 0 radical (unpaired) electrons. The van der Waals surface area contributed by atoms with Gasteiger partial charge in [-0.05, 0) is 55.7 Å². The van der Waals surface area contributed by atoms with E-state index in [-0.39, 0.29) is 23.3 Å². The quantitative estimate of drug-likeness (QED) is 0.798. The van der Waals surface area contributed by atoms with Crippen LogP contribution in [0.5, 0.6) is 5.75 Å². The Labute approximate surface area is 165 Å². The topological polar surface area (TPSA) is 88.6 Å². The number of amides is 1. The molecule has 0 bridgehead atoms. The number of aromatic nitrogens is 1. The van der Waals surface area contributed by atoms with Gasteiger partial charge < -0.3 is 10.1 Å². The number of carbonyl (C=O) groups excluding carboxylic acids is 1. The van der Waals surface area contributed by atoms with Crippen LogP contribution in [0.2, 0.25) is 0 Å². The minimum absolute atomic E-state index is 0.142. The summed E-state index contributed by atoms with van der Waals surface area (Å²) in [6.07, 6.45) is 2.99. The number of benzene rings is 1. The Morgan fingerprint density at radius 3 is 2.82 bits per heavy atom. The van der Waals surface area contributed by atoms with Gasteiger partial charge in [0.05, 0.1) is 30.2 Å². The van der Waals surface area contributed by atoms with Gasteiger partial charge in [-0.2, -0.15) is 4.31 Å². The Morgan fingerprint density at radius 2 is 2.14 bits per heavy atom. The van der Waals surface area contributed by atoms with Crippen molar-refractivity contribution in [2.75, 3.05) is 20.2 Å². The molecule has 3 rings (SSSR count). The highest BCUT2D eigenvalue weighted by Crippen LogP contribution is 2.27. The number of methoxy groups -OCH3 is 1. The number of pyridine rings is 1. The summed E-state index contributed by atoms with van der Waals surface area (Å²) in [5.41, 5.74) is 1.52. The molecule has 1 aliphatic heterocycles. The third-order valence-electron chi connectivity index (χ3n) is 4.93. The second-order valence-electron chi connectivity index (χ2n) is 6.87. The molecule has 2 aromatic rings. The smallest absolute Gasteiger partial charge is 0.243 e. The van der Waals surface area contributed by atoms with Crippen molar-refractivity contribution in [3.63, 3.8) is 0 Å². The minimum atomic E-state index is -3.66. The van der Waals surface area contributed by atoms with E-state index in [0.717, 1.165) is 11.3 Å². The lowest BCUT2D eigenvalue weighted by Gasteiger charge is -2.31. The number of carbonyl (C=O) groups is 1. The normalized spacial score (nSPS) is 17.9. The Morgan fingerprint density at radius 1 is 1.32 bits per heavy atom. The van der Waals surface area contributed by atoms with Crippen molar-refractivity contribution in [3.8, 4) is 5.75 Å². The maximum absolute atomic E-state index is 13.0. The van der Waals surface area contributed by atoms with Gasteiger partial charge in [0.2, 0.25) is 15.9 Å². The predicted octanol–water partition coefficient (Wildman–Crippen LogP) is 2.12. The molecule has 1 atom stereocenters. The molecule has 7 nitrogen and oxygen atoms in total. The summed E-state index contributed by atoms with van der Waals surface area (Å²) < 4.78 is 32.7. The van der Waals surface area contributed by atoms with Gasteiger partial charge in [-0.3, -0.25) is 9.78 Å². The molecule has 1 aliphatic rings. The summed E-state index contributed by atoms with van der Waals surface area (Å²) >= 11 is 0. The fraction of sp³-hybridized carbons (Fsp3) is 0.400. The van der Waals surface area contributed by atoms with Crippen LogP contribution in [-0.4, -0.2) is 43.8 Å². The lowest BCUT2D eigenvalue weighted by molar-refractivity contribution is -0.126. The summed E-state index contributed by atoms with van der Waals surface area (Å²) in [4.78, 5) is 16.9. The van der Waals surface area contributed by atoms with Gasteiger partial charge in [-0.1, -0.05) is 6.07 Å². The summed E-state index contributed by atoms with van der Waals surface area (Å²) in [5.74, 6) is 0.132. The summed E-state index contributed by atoms with van der Waals surface area (Å²) in [5, 5.41) is 2.87. The van der Waals surface area contributed by atoms with Gasteiger partial charge in [0.15, 0.2) is 0 Å². The van der Waals surface area contributed by atoms with Gasteiger partial charge in [-0.15, -0.1) is 0 Å². The first-order valence-electron chi connectivity index (χ1n) is 9.24. The van der Waals surface area contributed by atoms with Crippen LogP contribution in [0.25, 0.3) is 0 Å². The monoisotopic (exact) mass is 403 g/mol. The van der Waals surface area contributed by atoms with E-state index in [2.05, 4.69) is 10.3 Å². The Balaban J connectivity index is 1.68. The van der Waals surface area contributed by atoms with Gasteiger partial charge in [0, 0.05) is 19.3 Å². The van der Waals surface area contributed by atoms with Crippen LogP contribution in [0.3, 0.4) is 0 Å². The van der Waals surface area contributed by atoms with E-state index < -0.39 is 10.0 Å². The van der Waals surface area contributed by atoms with E-state index in [9.17, 15) is 13.2 Å². The Kier molecular flexibility index (Phi) is 6.31. The van der Waals surface area contributed by atoms with Gasteiger partial charge in [0.1, 0.15) is 5.75 Å². The molecule has 1 amide bonds. The molecule has 2 heterocycles. The third kappa shape index (κ3) is 4.51. The van der Waals surface area contributed by atoms with E-state index in [4.69, 9.17) is 4.74 Å². The summed E-state index contributed by atoms with van der Waals surface area (Å²) in [6.45, 7) is 2.74. The zero-order valence-corrected chi connectivity index (χ0v) is 16.9. The summed E-state index contributed by atoms with van der Waals surface area (Å²) in [6, 6.07) is 10.3. The van der Waals surface area contributed by atoms with Crippen molar-refractivity contribution in [2.45, 2.75) is 31.2 Å². The highest BCUT2D eigenvalue weighted by molar-refractivity contribution is 7.89. The standard InChI is InChI=1S/C20H25N3O4S/c1-15-12-18(8-9-19(15)27-2)28(25,26)23-11-5-6-16(14-23)20(24)22-13-17-7-3-4-10-21-17/h3-4,7-10,12,16H,5-6,11,13-14H2,1-2H3,(H,22,24). The van der Waals surface area contributed by atoms with Crippen LogP contribution in [0, 0.1) is 12.8 Å². The number of aryl methyl sites for hydroxylation is 1. The van der Waals surface area contributed by atoms with Crippen LogP contribution < -0.4 is 10.1 Å². The number of rotatable bonds is 6. The average molecular weight is 404 g/mol. The van der Waals surface area contributed by atoms with E-state index in [1.54, 1.807) is 31.5 Å². The molecule has 1 unspecified atom stereocenters. The molecule has 0 spiro atoms. The van der Waals surface area contributed by atoms with Crippen LogP contribution in [0.1, 0.15) is 24.1 Å². The summed E-state index contributed by atoms with van der Waals surface area (Å²) in [7, 11) is -2.11. The largest absolute Gasteiger partial charge is 0.496 e. The van der Waals surface area contributed by atoms with Crippen molar-refractivity contribution < 1.29 is 17.9 Å². The van der Waals surface area contributed by atoms with Crippen LogP contribution in [-0.2, 0) is 21.4 Å². The van der Waals surface area contributed by atoms with Crippen molar-refractivity contribution in [3.05, 3.63) is 53.9 Å². The van der Waals surface area contributed by atoms with E-state index >= 15 is 0 Å². The van der Waals surface area contributed by atoms with Gasteiger partial charge >= 0.3 is 0 Å². The second-order valence-corrected chi connectivity index (χ2v) is 8.81. The molecule has 1 aromatic heterocycles. The molecule has 150 valence electrons. The van der Waals surface area contributed by atoms with E-state index in [0.29, 0.717) is 31.7 Å². The predicted molar refractivity (Wildman–Crippen MR) is 105 cm³/mol. The van der Waals surface area contributed by atoms with Crippen molar-refractivity contribution in [1.29, 1.82) is 0 Å². The maximum Gasteiger partial charge on any atom is 0.243 e. The highest BCUT2D eigenvalue weighted by atomic mass is 32.2. The average Bonchev–Trinajstić information content (AvgIpc) is 2.72. The zero-order chi connectivity index (χ0) is 20.1. The number of ether oxygens (including phenoxy) is 1. The fourth-order valence-electron chi connectivity index (χ4n) is 3.36. The Bertz CT molecular complexity index is 932. The van der Waals surface area contributed by atoms with E-state index in [1.165, 1.54) is 4.31 Å². The number of hydrogen-bond acceptors (Lipinski definition) is 5. The number of nitrogens with one attached hydrogen (secondary N) is 1. The molecule has 1 saturated heterocycles. The number of sulfonamides is 1. The number of piperidine rings is 1. The first-order chi connectivity index (χ1) is 13.4. The molecule has 1 fully saturated rings. The molecule has 8 heteroatoms. The molecule has 1 aromatic carbocycles. The maximum atomic E-state index is 13.0. The van der Waals surface area contributed by atoms with Gasteiger partial charge in [0.25, 0.3) is 0 Å². The first kappa shape index (κ1) is 20.3. The number of hydrogen-bond donors (Lipinski definition) is 1. The molecule has 28 heavy (non-hydrogen) atoms. The molecule has 0 aliphatic carbocycles. The number of nitrogens with zero attached hydrogens (tertiary/aromatic N) is 2. The SMILES string of the molecule is COc1ccc(S(=O)(=O)N2CCCC(C(=O)NCc3ccccn3)C2)cc1C. The first-order valence-corrected chi connectivity index (χ1v) is 10.7. The molecule has 1 N–H and O–H groups in total. The molecular weight excluding hydrogens is 378 g/mol. The van der Waals surface area contributed by atoms with Crippen molar-refractivity contribution in [2.24, 2.45) is 5.92 Å². The minimum Gasteiger partial charge on any atom is -0.496 e. The van der Waals surface area contributed by atoms with Crippen molar-refractivity contribution >= 4 is 15.9 Å². The zero-order valence-electron chi connectivity index (χ0n) is 16.1. The van der Waals surface area contributed by atoms with Crippen LogP contribution in [0.4, 0.5) is 0 Å². The third-order valence-corrected chi connectivity index (χ3v) is 6.79. The lowest BCUT2D eigenvalue weighted by atomic mass is 9.99. The van der Waals surface area contributed by atoms with Crippen molar-refractivity contribution in [1.82, 2.24) is 14.6 Å². The van der Waals surface area contributed by atoms with E-state index in [1.807, 2.05) is 25.1 Å². The van der Waals surface area contributed by atoms with Crippen LogP contribution >= 0.6 is 0 Å². The lowest BCUT2D eigenvalue weighted by Crippen LogP contribution is -2.45. The van der Waals surface area contributed by atoms with Crippen LogP contribution in [0.15, 0.2) is 47.5 Å². The van der Waals surface area contributed by atoms with Gasteiger partial charge in [-0.25, -0.2) is 8.42 Å². The highest BCUT2D eigenvalue weighted by Gasteiger charge is 2.33. The fourth-order valence-corrected chi connectivity index (χ4v) is 4.97. The molecule has 0 saturated carbocycles.